The van der Waals surface area contributed by atoms with Gasteiger partial charge in [0.25, 0.3) is 0 Å². The lowest BCUT2D eigenvalue weighted by molar-refractivity contribution is -0.137. The minimum Gasteiger partial charge on any atom is -0.495 e. The summed E-state index contributed by atoms with van der Waals surface area (Å²) in [5.74, 6) is -3.75. The fraction of sp³-hybridized carbons (Fsp3) is 0.400. The number of fused-ring (bicyclic) bond motifs is 2. The number of hydrogen-bond donors (Lipinski definition) is 4. The number of amides is 1. The molecule has 3 aromatic carbocycles. The van der Waals surface area contributed by atoms with Crippen molar-refractivity contribution in [2.75, 3.05) is 30.4 Å². The molecule has 4 atom stereocenters. The second-order valence-corrected chi connectivity index (χ2v) is 14.3. The van der Waals surface area contributed by atoms with Crippen LogP contribution in [0.25, 0.3) is 0 Å². The van der Waals surface area contributed by atoms with E-state index in [1.165, 1.54) is 31.4 Å². The van der Waals surface area contributed by atoms with Gasteiger partial charge in [-0.15, -0.1) is 0 Å². The molecule has 2 aliphatic rings. The lowest BCUT2D eigenvalue weighted by Crippen LogP contribution is -2.48. The molecule has 0 bridgehead atoms. The molecule has 1 spiro atoms. The number of hydrogen-bond acceptors (Lipinski definition) is 6. The van der Waals surface area contributed by atoms with E-state index < -0.39 is 41.0 Å². The number of carbonyl (C=O) groups excluding carboxylic acids is 1. The van der Waals surface area contributed by atoms with Gasteiger partial charge in [-0.3, -0.25) is 9.59 Å². The summed E-state index contributed by atoms with van der Waals surface area (Å²) in [6, 6.07) is 13.2. The third-order valence-electron chi connectivity index (χ3n) is 9.09. The minimum absolute atomic E-state index is 0.00822. The number of ether oxygens (including phenoxy) is 1. The number of carboxylic acids is 2. The quantitative estimate of drug-likeness (QED) is 0.180. The summed E-state index contributed by atoms with van der Waals surface area (Å²) < 4.78 is 21.6. The summed E-state index contributed by atoms with van der Waals surface area (Å²) in [6.45, 7) is 7.08. The van der Waals surface area contributed by atoms with Crippen molar-refractivity contribution in [3.05, 3.63) is 87.2 Å². The van der Waals surface area contributed by atoms with Crippen LogP contribution in [0.1, 0.15) is 67.4 Å². The van der Waals surface area contributed by atoms with E-state index in [0.29, 0.717) is 31.0 Å². The molecule has 9 nitrogen and oxygen atoms in total. The Morgan fingerprint density at radius 2 is 1.85 bits per heavy atom. The van der Waals surface area contributed by atoms with Crippen molar-refractivity contribution in [1.82, 2.24) is 5.32 Å². The van der Waals surface area contributed by atoms with Gasteiger partial charge in [-0.2, -0.15) is 0 Å². The summed E-state index contributed by atoms with van der Waals surface area (Å²) in [6.07, 6.45) is 0.959. The highest BCUT2D eigenvalue weighted by molar-refractivity contribution is 6.31. The summed E-state index contributed by atoms with van der Waals surface area (Å²) >= 11 is 12.9. The monoisotopic (exact) mass is 685 g/mol. The fourth-order valence-corrected chi connectivity index (χ4v) is 7.59. The molecule has 3 aromatic rings. The predicted octanol–water partition coefficient (Wildman–Crippen LogP) is 6.96. The molecule has 0 aliphatic carbocycles. The first-order chi connectivity index (χ1) is 22.2. The number of aromatic carboxylic acids is 1. The Labute approximate surface area is 283 Å². The molecule has 250 valence electrons. The number of halogens is 3. The molecule has 1 amide bonds. The number of methoxy groups -OCH3 is 1. The maximum Gasteiger partial charge on any atom is 0.335 e. The number of nitrogens with zero attached hydrogens (tertiary/aromatic N) is 1. The molecule has 0 unspecified atom stereocenters. The van der Waals surface area contributed by atoms with Crippen LogP contribution < -0.4 is 20.3 Å². The lowest BCUT2D eigenvalue weighted by Gasteiger charge is -2.40. The van der Waals surface area contributed by atoms with Gasteiger partial charge in [0.15, 0.2) is 0 Å². The first kappa shape index (κ1) is 34.5. The smallest absolute Gasteiger partial charge is 0.335 e. The third kappa shape index (κ3) is 6.77. The first-order valence-electron chi connectivity index (χ1n) is 15.3. The number of anilines is 2. The fourth-order valence-electron chi connectivity index (χ4n) is 7.24. The second kappa shape index (κ2) is 13.3. The molecule has 1 saturated heterocycles. The highest BCUT2D eigenvalue weighted by atomic mass is 35.5. The lowest BCUT2D eigenvalue weighted by atomic mass is 9.63. The Morgan fingerprint density at radius 1 is 1.11 bits per heavy atom. The van der Waals surface area contributed by atoms with Crippen molar-refractivity contribution >= 4 is 52.4 Å². The van der Waals surface area contributed by atoms with E-state index in [1.807, 2.05) is 12.1 Å². The van der Waals surface area contributed by atoms with Crippen LogP contribution in [0.4, 0.5) is 15.8 Å². The van der Waals surface area contributed by atoms with Gasteiger partial charge in [0.2, 0.25) is 5.91 Å². The molecule has 2 heterocycles. The minimum atomic E-state index is -1.14. The summed E-state index contributed by atoms with van der Waals surface area (Å²) in [7, 11) is 1.38. The number of aliphatic carboxylic acids is 1. The molecule has 0 aromatic heterocycles. The van der Waals surface area contributed by atoms with Crippen LogP contribution in [0.15, 0.2) is 54.6 Å². The Kier molecular flexibility index (Phi) is 9.78. The van der Waals surface area contributed by atoms with Gasteiger partial charge >= 0.3 is 11.9 Å². The van der Waals surface area contributed by atoms with Crippen LogP contribution in [0.5, 0.6) is 5.75 Å². The Hall–Kier alpha value is -3.86. The number of benzene rings is 3. The zero-order valence-electron chi connectivity index (χ0n) is 26.6. The molecule has 1 fully saturated rings. The SMILES string of the molecule is COc1cc(C(=O)O)ccc1NC(=O)[C@@H]1N[C@@H](CC(C)(C)C)[C@@]2(CN(CCCC(=O)O)c3cc(Cl)ccc32)[C@H]1c1cccc(Cl)c1F. The zero-order valence-corrected chi connectivity index (χ0v) is 28.1. The van der Waals surface area contributed by atoms with Gasteiger partial charge in [-0.05, 0) is 65.8 Å². The van der Waals surface area contributed by atoms with Crippen molar-refractivity contribution in [3.8, 4) is 5.75 Å². The largest absolute Gasteiger partial charge is 0.495 e. The van der Waals surface area contributed by atoms with Crippen LogP contribution in [0.2, 0.25) is 10.0 Å². The van der Waals surface area contributed by atoms with Gasteiger partial charge in [0.1, 0.15) is 11.6 Å². The van der Waals surface area contributed by atoms with Gasteiger partial charge in [0, 0.05) is 47.6 Å². The van der Waals surface area contributed by atoms with E-state index in [1.54, 1.807) is 18.2 Å². The van der Waals surface area contributed by atoms with E-state index >= 15 is 4.39 Å². The highest BCUT2D eigenvalue weighted by Gasteiger charge is 2.63. The van der Waals surface area contributed by atoms with Crippen LogP contribution in [-0.4, -0.2) is 60.3 Å². The predicted molar refractivity (Wildman–Crippen MR) is 180 cm³/mol. The van der Waals surface area contributed by atoms with E-state index in [9.17, 15) is 24.6 Å². The Bertz CT molecular complexity index is 1710. The summed E-state index contributed by atoms with van der Waals surface area (Å²) in [4.78, 5) is 39.5. The van der Waals surface area contributed by atoms with E-state index in [4.69, 9.17) is 27.9 Å². The Balaban J connectivity index is 1.68. The molecule has 4 N–H and O–H groups in total. The topological polar surface area (TPSA) is 128 Å². The molecule has 2 aliphatic heterocycles. The number of carbonyl (C=O) groups is 3. The van der Waals surface area contributed by atoms with E-state index in [0.717, 1.165) is 11.3 Å². The standard InChI is InChI=1S/C35H38Cl2FN3O6/c1-34(2,3)17-27-35(18-41(14-6-9-28(42)43)25-16-20(36)11-12-22(25)35)29(21-7-5-8-23(37)30(21)38)31(40-27)32(44)39-24-13-10-19(33(45)46)15-26(24)47-4/h5,7-8,10-13,15-16,27,29,31,40H,6,9,14,17-18H2,1-4H3,(H,39,44)(H,42,43)(H,45,46)/t27-,29-,31+,35-/m0/s1. The van der Waals surface area contributed by atoms with Crippen molar-refractivity contribution in [2.24, 2.45) is 5.41 Å². The van der Waals surface area contributed by atoms with E-state index in [2.05, 4.69) is 36.3 Å². The Morgan fingerprint density at radius 3 is 2.51 bits per heavy atom. The van der Waals surface area contributed by atoms with Crippen LogP contribution in [0, 0.1) is 11.2 Å². The number of rotatable bonds is 10. The van der Waals surface area contributed by atoms with Crippen LogP contribution in [-0.2, 0) is 15.0 Å². The molecule has 0 radical (unpaired) electrons. The van der Waals surface area contributed by atoms with Crippen molar-refractivity contribution < 1.29 is 33.7 Å². The van der Waals surface area contributed by atoms with Crippen LogP contribution >= 0.6 is 23.2 Å². The highest BCUT2D eigenvalue weighted by Crippen LogP contribution is 2.58. The zero-order chi connectivity index (χ0) is 34.3. The van der Waals surface area contributed by atoms with E-state index in [-0.39, 0.29) is 45.5 Å². The maximum atomic E-state index is 16.2. The van der Waals surface area contributed by atoms with Crippen molar-refractivity contribution in [3.63, 3.8) is 0 Å². The van der Waals surface area contributed by atoms with Gasteiger partial charge in [0.05, 0.1) is 29.4 Å². The normalized spacial score (nSPS) is 21.9. The van der Waals surface area contributed by atoms with Gasteiger partial charge in [-0.25, -0.2) is 9.18 Å². The molecule has 47 heavy (non-hydrogen) atoms. The van der Waals surface area contributed by atoms with Crippen molar-refractivity contribution in [1.29, 1.82) is 0 Å². The molecule has 12 heteroatoms. The van der Waals surface area contributed by atoms with Crippen LogP contribution in [0.3, 0.4) is 0 Å². The second-order valence-electron chi connectivity index (χ2n) is 13.4. The third-order valence-corrected chi connectivity index (χ3v) is 9.61. The van der Waals surface area contributed by atoms with Gasteiger partial charge < -0.3 is 30.5 Å². The maximum absolute atomic E-state index is 16.2. The number of nitrogens with one attached hydrogen (secondary N) is 2. The molecule has 0 saturated carbocycles. The number of carboxylic acid groups (broad SMARTS) is 2. The van der Waals surface area contributed by atoms with Gasteiger partial charge in [-0.1, -0.05) is 62.2 Å². The summed E-state index contributed by atoms with van der Waals surface area (Å²) in [5, 5.41) is 25.8. The molecular formula is C35H38Cl2FN3O6. The summed E-state index contributed by atoms with van der Waals surface area (Å²) in [5.41, 5.74) is 1.12. The first-order valence-corrected chi connectivity index (χ1v) is 16.1. The molecular weight excluding hydrogens is 648 g/mol. The average molecular weight is 687 g/mol. The average Bonchev–Trinajstić information content (AvgIpc) is 3.47. The molecule has 5 rings (SSSR count). The van der Waals surface area contributed by atoms with Crippen molar-refractivity contribution in [2.45, 2.75) is 63.5 Å².